The van der Waals surface area contributed by atoms with Crippen LogP contribution in [0.2, 0.25) is 0 Å². The fourth-order valence-corrected chi connectivity index (χ4v) is 1.48. The first-order chi connectivity index (χ1) is 7.06. The third-order valence-corrected chi connectivity index (χ3v) is 2.43. The van der Waals surface area contributed by atoms with E-state index in [0.717, 1.165) is 12.0 Å². The highest BCUT2D eigenvalue weighted by molar-refractivity contribution is 5.96. The van der Waals surface area contributed by atoms with Crippen molar-refractivity contribution in [2.75, 3.05) is 0 Å². The molecule has 0 fully saturated rings. The molecule has 0 heterocycles. The lowest BCUT2D eigenvalue weighted by atomic mass is 9.97. The molecule has 1 rings (SSSR count). The Morgan fingerprint density at radius 3 is 2.60 bits per heavy atom. The molecule has 0 unspecified atom stereocenters. The second kappa shape index (κ2) is 5.06. The summed E-state index contributed by atoms with van der Waals surface area (Å²) >= 11 is 0. The molecule has 0 spiro atoms. The van der Waals surface area contributed by atoms with Crippen LogP contribution in [0.4, 0.5) is 4.39 Å². The van der Waals surface area contributed by atoms with Crippen LogP contribution in [0.1, 0.15) is 55.5 Å². The fourth-order valence-electron chi connectivity index (χ4n) is 1.48. The van der Waals surface area contributed by atoms with Crippen molar-refractivity contribution in [3.05, 3.63) is 35.1 Å². The van der Waals surface area contributed by atoms with Crippen molar-refractivity contribution < 1.29 is 9.18 Å². The fraction of sp³-hybridized carbons (Fsp3) is 0.462. The molecule has 0 aliphatic rings. The van der Waals surface area contributed by atoms with E-state index in [2.05, 4.69) is 0 Å². The normalized spacial score (nSPS) is 10.7. The van der Waals surface area contributed by atoms with Crippen molar-refractivity contribution in [1.29, 1.82) is 0 Å². The number of benzene rings is 1. The van der Waals surface area contributed by atoms with Gasteiger partial charge in [0.05, 0.1) is 5.56 Å². The maximum atomic E-state index is 13.4. The largest absolute Gasteiger partial charge is 0.294 e. The molecule has 0 bridgehead atoms. The van der Waals surface area contributed by atoms with E-state index in [0.29, 0.717) is 12.3 Å². The summed E-state index contributed by atoms with van der Waals surface area (Å²) < 4.78 is 13.4. The number of carbonyl (C=O) groups is 1. The smallest absolute Gasteiger partial charge is 0.165 e. The van der Waals surface area contributed by atoms with E-state index < -0.39 is 5.82 Å². The van der Waals surface area contributed by atoms with Gasteiger partial charge in [-0.05, 0) is 30.0 Å². The lowest BCUT2D eigenvalue weighted by Gasteiger charge is -2.08. The quantitative estimate of drug-likeness (QED) is 0.685. The number of carbonyl (C=O) groups excluding carboxylic acids is 1. The molecule has 0 N–H and O–H groups in total. The van der Waals surface area contributed by atoms with Gasteiger partial charge < -0.3 is 0 Å². The third kappa shape index (κ3) is 2.88. The van der Waals surface area contributed by atoms with Gasteiger partial charge in [-0.1, -0.05) is 26.8 Å². The highest BCUT2D eigenvalue weighted by atomic mass is 19.1. The first kappa shape index (κ1) is 11.9. The van der Waals surface area contributed by atoms with Crippen LogP contribution in [0.25, 0.3) is 0 Å². The van der Waals surface area contributed by atoms with E-state index >= 15 is 0 Å². The molecule has 0 aliphatic carbocycles. The van der Waals surface area contributed by atoms with Crippen LogP contribution in [0.3, 0.4) is 0 Å². The Balaban J connectivity index is 3.05. The second-order valence-electron chi connectivity index (χ2n) is 4.07. The highest BCUT2D eigenvalue weighted by Gasteiger charge is 2.12. The predicted molar refractivity (Wildman–Crippen MR) is 59.7 cm³/mol. The lowest BCUT2D eigenvalue weighted by Crippen LogP contribution is -2.03. The molecule has 0 aromatic heterocycles. The van der Waals surface area contributed by atoms with E-state index in [9.17, 15) is 9.18 Å². The van der Waals surface area contributed by atoms with Gasteiger partial charge in [-0.25, -0.2) is 4.39 Å². The van der Waals surface area contributed by atoms with E-state index in [4.69, 9.17) is 0 Å². The van der Waals surface area contributed by atoms with Crippen molar-refractivity contribution in [1.82, 2.24) is 0 Å². The van der Waals surface area contributed by atoms with Gasteiger partial charge in [0.15, 0.2) is 5.78 Å². The van der Waals surface area contributed by atoms with Crippen molar-refractivity contribution in [2.45, 2.75) is 39.5 Å². The van der Waals surface area contributed by atoms with Crippen LogP contribution in [-0.2, 0) is 0 Å². The number of hydrogen-bond acceptors (Lipinski definition) is 1. The summed E-state index contributed by atoms with van der Waals surface area (Å²) in [7, 11) is 0. The minimum atomic E-state index is -0.405. The lowest BCUT2D eigenvalue weighted by molar-refractivity contribution is 0.0977. The van der Waals surface area contributed by atoms with Crippen LogP contribution in [0.5, 0.6) is 0 Å². The van der Waals surface area contributed by atoms with E-state index in [1.165, 1.54) is 6.07 Å². The zero-order valence-electron chi connectivity index (χ0n) is 9.51. The van der Waals surface area contributed by atoms with Gasteiger partial charge in [-0.15, -0.1) is 0 Å². The summed E-state index contributed by atoms with van der Waals surface area (Å²) in [6, 6.07) is 4.80. The molecule has 0 saturated carbocycles. The summed E-state index contributed by atoms with van der Waals surface area (Å²) in [4.78, 5) is 11.6. The summed E-state index contributed by atoms with van der Waals surface area (Å²) in [5.74, 6) is -0.186. The molecule has 15 heavy (non-hydrogen) atoms. The molecule has 0 amide bonds. The minimum Gasteiger partial charge on any atom is -0.294 e. The molecule has 0 aliphatic heterocycles. The Kier molecular flexibility index (Phi) is 4.01. The van der Waals surface area contributed by atoms with Gasteiger partial charge in [-0.2, -0.15) is 0 Å². The molecule has 2 heteroatoms. The van der Waals surface area contributed by atoms with Crippen LogP contribution >= 0.6 is 0 Å². The molecule has 0 atom stereocenters. The first-order valence-corrected chi connectivity index (χ1v) is 5.39. The van der Waals surface area contributed by atoms with Crippen molar-refractivity contribution in [2.24, 2.45) is 0 Å². The van der Waals surface area contributed by atoms with Gasteiger partial charge >= 0.3 is 0 Å². The second-order valence-corrected chi connectivity index (χ2v) is 4.07. The maximum Gasteiger partial charge on any atom is 0.165 e. The number of ketones is 1. The average molecular weight is 208 g/mol. The standard InChI is InChI=1S/C13H17FO/c1-4-5-13(15)11-8-10(9(2)3)6-7-12(11)14/h6-9H,4-5H2,1-3H3. The first-order valence-electron chi connectivity index (χ1n) is 5.39. The number of Topliss-reactive ketones (excluding diaryl/α,β-unsaturated/α-hetero) is 1. The Bertz CT molecular complexity index is 356. The Labute approximate surface area is 90.3 Å². The molecule has 0 radical (unpaired) electrons. The van der Waals surface area contributed by atoms with Crippen molar-refractivity contribution >= 4 is 5.78 Å². The van der Waals surface area contributed by atoms with Gasteiger partial charge in [0.2, 0.25) is 0 Å². The van der Waals surface area contributed by atoms with Gasteiger partial charge in [0.1, 0.15) is 5.82 Å². The molecule has 1 aromatic carbocycles. The molecule has 82 valence electrons. The zero-order chi connectivity index (χ0) is 11.4. The molecular weight excluding hydrogens is 191 g/mol. The topological polar surface area (TPSA) is 17.1 Å². The van der Waals surface area contributed by atoms with Crippen LogP contribution in [0, 0.1) is 5.82 Å². The minimum absolute atomic E-state index is 0.0995. The van der Waals surface area contributed by atoms with Crippen LogP contribution in [0.15, 0.2) is 18.2 Å². The Morgan fingerprint density at radius 1 is 1.40 bits per heavy atom. The summed E-state index contributed by atoms with van der Waals surface area (Å²) in [6.07, 6.45) is 1.17. The summed E-state index contributed by atoms with van der Waals surface area (Å²) in [5, 5.41) is 0. The SMILES string of the molecule is CCCC(=O)c1cc(C(C)C)ccc1F. The van der Waals surface area contributed by atoms with Crippen LogP contribution < -0.4 is 0 Å². The van der Waals surface area contributed by atoms with Crippen LogP contribution in [-0.4, -0.2) is 5.78 Å². The molecule has 0 saturated heterocycles. The Hall–Kier alpha value is -1.18. The van der Waals surface area contributed by atoms with Gasteiger partial charge in [-0.3, -0.25) is 4.79 Å². The zero-order valence-corrected chi connectivity index (χ0v) is 9.51. The molecular formula is C13H17FO. The van der Waals surface area contributed by atoms with E-state index in [1.54, 1.807) is 12.1 Å². The van der Waals surface area contributed by atoms with Crippen molar-refractivity contribution in [3.8, 4) is 0 Å². The molecule has 1 nitrogen and oxygen atoms in total. The number of rotatable bonds is 4. The third-order valence-electron chi connectivity index (χ3n) is 2.43. The Morgan fingerprint density at radius 2 is 2.07 bits per heavy atom. The van der Waals surface area contributed by atoms with E-state index in [-0.39, 0.29) is 11.3 Å². The number of hydrogen-bond donors (Lipinski definition) is 0. The summed E-state index contributed by atoms with van der Waals surface area (Å²) in [5.41, 5.74) is 1.25. The van der Waals surface area contributed by atoms with Gasteiger partial charge in [0.25, 0.3) is 0 Å². The summed E-state index contributed by atoms with van der Waals surface area (Å²) in [6.45, 7) is 5.98. The average Bonchev–Trinajstić information content (AvgIpc) is 2.18. The maximum absolute atomic E-state index is 13.4. The predicted octanol–water partition coefficient (Wildman–Crippen LogP) is 3.93. The van der Waals surface area contributed by atoms with Gasteiger partial charge in [0, 0.05) is 6.42 Å². The van der Waals surface area contributed by atoms with Crippen molar-refractivity contribution in [3.63, 3.8) is 0 Å². The molecule has 1 aromatic rings. The monoisotopic (exact) mass is 208 g/mol. The highest BCUT2D eigenvalue weighted by Crippen LogP contribution is 2.19. The number of halogens is 1. The van der Waals surface area contributed by atoms with E-state index in [1.807, 2.05) is 20.8 Å².